The molecule has 0 saturated carbocycles. The van der Waals surface area contributed by atoms with Gasteiger partial charge in [0.1, 0.15) is 11.6 Å². The van der Waals surface area contributed by atoms with Crippen LogP contribution in [0.3, 0.4) is 0 Å². The van der Waals surface area contributed by atoms with E-state index < -0.39 is 35.1 Å². The van der Waals surface area contributed by atoms with Gasteiger partial charge in [-0.2, -0.15) is 0 Å². The van der Waals surface area contributed by atoms with Gasteiger partial charge in [-0.15, -0.1) is 0 Å². The lowest BCUT2D eigenvalue weighted by molar-refractivity contribution is -0.151. The molecule has 1 unspecified atom stereocenters. The molecule has 1 spiro atoms. The van der Waals surface area contributed by atoms with Crippen LogP contribution >= 0.6 is 0 Å². The first-order valence-corrected chi connectivity index (χ1v) is 12.7. The van der Waals surface area contributed by atoms with Crippen LogP contribution < -0.4 is 4.90 Å². The Morgan fingerprint density at radius 2 is 1.69 bits per heavy atom. The summed E-state index contributed by atoms with van der Waals surface area (Å²) in [6.07, 6.45) is 8.07. The number of hydrogen-bond acceptors (Lipinski definition) is 5. The highest BCUT2D eigenvalue weighted by molar-refractivity contribution is 6.06. The van der Waals surface area contributed by atoms with Crippen LogP contribution in [-0.4, -0.2) is 82.7 Å². The Kier molecular flexibility index (Phi) is 5.87. The van der Waals surface area contributed by atoms with E-state index in [1.807, 2.05) is 63.3 Å². The van der Waals surface area contributed by atoms with E-state index in [2.05, 4.69) is 0 Å². The summed E-state index contributed by atoms with van der Waals surface area (Å²) in [5, 5.41) is 10.1. The van der Waals surface area contributed by atoms with Gasteiger partial charge in [0.15, 0.2) is 0 Å². The minimum absolute atomic E-state index is 0.161. The molecule has 5 rings (SSSR count). The Labute approximate surface area is 212 Å². The van der Waals surface area contributed by atoms with Crippen LogP contribution in [-0.2, 0) is 19.1 Å². The van der Waals surface area contributed by atoms with E-state index in [1.54, 1.807) is 23.8 Å². The van der Waals surface area contributed by atoms with Crippen LogP contribution in [0.5, 0.6) is 0 Å². The highest BCUT2D eigenvalue weighted by Gasteiger charge is 2.75. The van der Waals surface area contributed by atoms with Gasteiger partial charge >= 0.3 is 0 Å². The number of benzene rings is 1. The maximum atomic E-state index is 14.5. The van der Waals surface area contributed by atoms with Crippen molar-refractivity contribution in [2.24, 2.45) is 11.8 Å². The molecule has 0 radical (unpaired) electrons. The maximum Gasteiger partial charge on any atom is 0.253 e. The third kappa shape index (κ3) is 3.16. The molecule has 36 heavy (non-hydrogen) atoms. The molecule has 2 fully saturated rings. The summed E-state index contributed by atoms with van der Waals surface area (Å²) in [4.78, 5) is 47.2. The number of para-hydroxylation sites is 1. The van der Waals surface area contributed by atoms with Crippen molar-refractivity contribution in [2.75, 3.05) is 31.6 Å². The van der Waals surface area contributed by atoms with Crippen LogP contribution in [0.4, 0.5) is 5.69 Å². The molecule has 0 aliphatic carbocycles. The Bertz CT molecular complexity index is 1160. The van der Waals surface area contributed by atoms with Crippen LogP contribution in [0, 0.1) is 25.7 Å². The fourth-order valence-electron chi connectivity index (χ4n) is 6.82. The van der Waals surface area contributed by atoms with Crippen LogP contribution in [0.1, 0.15) is 31.4 Å². The number of anilines is 1. The molecule has 2 saturated heterocycles. The Morgan fingerprint density at radius 3 is 2.33 bits per heavy atom. The molecule has 6 atom stereocenters. The van der Waals surface area contributed by atoms with Gasteiger partial charge in [0, 0.05) is 25.8 Å². The highest BCUT2D eigenvalue weighted by Crippen LogP contribution is 2.59. The second-order valence-electron chi connectivity index (χ2n) is 10.6. The number of amides is 3. The maximum absolute atomic E-state index is 14.5. The molecule has 0 bridgehead atoms. The van der Waals surface area contributed by atoms with Gasteiger partial charge in [0.25, 0.3) is 5.91 Å². The number of likely N-dealkylation sites (tertiary alicyclic amines) is 1. The van der Waals surface area contributed by atoms with Crippen molar-refractivity contribution in [3.63, 3.8) is 0 Å². The minimum Gasteiger partial charge on any atom is -0.394 e. The lowest BCUT2D eigenvalue weighted by Crippen LogP contribution is -2.58. The second-order valence-corrected chi connectivity index (χ2v) is 10.6. The molecular weight excluding hydrogens is 458 g/mol. The van der Waals surface area contributed by atoms with E-state index >= 15 is 0 Å². The van der Waals surface area contributed by atoms with E-state index in [9.17, 15) is 19.5 Å². The third-order valence-corrected chi connectivity index (χ3v) is 8.53. The molecule has 1 N–H and O–H groups in total. The quantitative estimate of drug-likeness (QED) is 0.648. The van der Waals surface area contributed by atoms with Gasteiger partial charge in [-0.1, -0.05) is 49.4 Å². The molecule has 1 aromatic rings. The van der Waals surface area contributed by atoms with Crippen molar-refractivity contribution in [1.29, 1.82) is 0 Å². The van der Waals surface area contributed by atoms with Crippen LogP contribution in [0.15, 0.2) is 42.5 Å². The van der Waals surface area contributed by atoms with E-state index in [0.717, 1.165) is 16.8 Å². The zero-order valence-electron chi connectivity index (χ0n) is 21.6. The number of aliphatic hydroxyl groups is 1. The van der Waals surface area contributed by atoms with Gasteiger partial charge in [-0.3, -0.25) is 14.4 Å². The summed E-state index contributed by atoms with van der Waals surface area (Å²) >= 11 is 0. The highest BCUT2D eigenvalue weighted by atomic mass is 16.5. The first-order chi connectivity index (χ1) is 17.1. The van der Waals surface area contributed by atoms with Crippen molar-refractivity contribution in [2.45, 2.75) is 57.4 Å². The SMILES string of the molecule is CC[C@@]12C=CCN(C)C(=O)[C@@H]1[C@H]1C(=O)N([C@H](C)CO)C3C(=O)N(c4c(C)cccc4C)CC=C[C@@]31O2. The number of nitrogens with zero attached hydrogens (tertiary/aromatic N) is 3. The number of hydrogen-bond donors (Lipinski definition) is 1. The van der Waals surface area contributed by atoms with Gasteiger partial charge in [-0.25, -0.2) is 0 Å². The first-order valence-electron chi connectivity index (χ1n) is 12.7. The smallest absolute Gasteiger partial charge is 0.253 e. The number of aliphatic hydroxyl groups excluding tert-OH is 1. The summed E-state index contributed by atoms with van der Waals surface area (Å²) in [6, 6.07) is 4.26. The molecule has 8 nitrogen and oxygen atoms in total. The summed E-state index contributed by atoms with van der Waals surface area (Å²) in [5.74, 6) is -2.37. The third-order valence-electron chi connectivity index (χ3n) is 8.53. The molecule has 4 heterocycles. The predicted molar refractivity (Wildman–Crippen MR) is 135 cm³/mol. The number of carbonyl (C=O) groups is 3. The van der Waals surface area contributed by atoms with Crippen molar-refractivity contribution in [1.82, 2.24) is 9.80 Å². The van der Waals surface area contributed by atoms with E-state index in [0.29, 0.717) is 19.5 Å². The van der Waals surface area contributed by atoms with Crippen molar-refractivity contribution in [3.05, 3.63) is 53.6 Å². The fraction of sp³-hybridized carbons (Fsp3) is 0.536. The number of aryl methyl sites for hydroxylation is 2. The number of carbonyl (C=O) groups excluding carboxylic acids is 3. The molecule has 4 aliphatic rings. The lowest BCUT2D eigenvalue weighted by atomic mass is 9.73. The van der Waals surface area contributed by atoms with Crippen molar-refractivity contribution >= 4 is 23.4 Å². The van der Waals surface area contributed by atoms with Crippen molar-refractivity contribution in [3.8, 4) is 0 Å². The van der Waals surface area contributed by atoms with Gasteiger partial charge in [0.05, 0.1) is 30.1 Å². The van der Waals surface area contributed by atoms with Gasteiger partial charge in [0.2, 0.25) is 11.8 Å². The summed E-state index contributed by atoms with van der Waals surface area (Å²) in [5.41, 5.74) is 0.412. The zero-order valence-corrected chi connectivity index (χ0v) is 21.6. The number of ether oxygens (including phenoxy) is 1. The molecule has 3 amide bonds. The fourth-order valence-corrected chi connectivity index (χ4v) is 6.82. The van der Waals surface area contributed by atoms with Gasteiger partial charge in [-0.05, 0) is 38.3 Å². The molecule has 8 heteroatoms. The summed E-state index contributed by atoms with van der Waals surface area (Å²) < 4.78 is 6.89. The summed E-state index contributed by atoms with van der Waals surface area (Å²) in [6.45, 7) is 8.06. The topological polar surface area (TPSA) is 90.4 Å². The number of likely N-dealkylation sites (N-methyl/N-ethyl adjacent to an activating group) is 1. The average Bonchev–Trinajstić information content (AvgIpc) is 3.16. The monoisotopic (exact) mass is 493 g/mol. The standard InChI is InChI=1S/C28H35N3O5/c1-6-27-12-8-14-29(5)24(33)20(27)21-25(34)31(19(4)16-32)23-26(35)30(15-9-13-28(21,23)36-27)22-17(2)10-7-11-18(22)3/h7-13,19-21,23,32H,6,14-16H2,1-5H3/t19-,20+,21+,23?,27-,28+/m1/s1. The Balaban J connectivity index is 1.72. The predicted octanol–water partition coefficient (Wildman–Crippen LogP) is 1.98. The molecule has 0 aromatic heterocycles. The molecule has 1 aromatic carbocycles. The largest absolute Gasteiger partial charge is 0.394 e. The molecular formula is C28H35N3O5. The Morgan fingerprint density at radius 1 is 1.03 bits per heavy atom. The van der Waals surface area contributed by atoms with Gasteiger partial charge < -0.3 is 24.5 Å². The van der Waals surface area contributed by atoms with Crippen molar-refractivity contribution < 1.29 is 24.2 Å². The van der Waals surface area contributed by atoms with E-state index in [4.69, 9.17) is 4.74 Å². The summed E-state index contributed by atoms with van der Waals surface area (Å²) in [7, 11) is 1.73. The number of rotatable bonds is 4. The Hall–Kier alpha value is -2.97. The first kappa shape index (κ1) is 24.7. The van der Waals surface area contributed by atoms with Crippen LogP contribution in [0.2, 0.25) is 0 Å². The lowest BCUT2D eigenvalue weighted by Gasteiger charge is -2.40. The number of fused-ring (bicyclic) bond motifs is 2. The van der Waals surface area contributed by atoms with Crippen LogP contribution in [0.25, 0.3) is 0 Å². The van der Waals surface area contributed by atoms with E-state index in [1.165, 1.54) is 4.90 Å². The zero-order chi connectivity index (χ0) is 26.0. The minimum atomic E-state index is -1.32. The molecule has 4 aliphatic heterocycles. The second kappa shape index (κ2) is 8.56. The molecule has 192 valence electrons. The van der Waals surface area contributed by atoms with E-state index in [-0.39, 0.29) is 24.3 Å². The average molecular weight is 494 g/mol. The normalized spacial score (nSPS) is 34.4.